The van der Waals surface area contributed by atoms with E-state index in [0.29, 0.717) is 25.4 Å². The molecule has 408 valence electrons. The van der Waals surface area contributed by atoms with E-state index in [1.165, 1.54) is 138 Å². The predicted octanol–water partition coefficient (Wildman–Crippen LogP) is 8.16. The van der Waals surface area contributed by atoms with Crippen LogP contribution >= 0.6 is 0 Å². The smallest absolute Gasteiger partial charge is 0.249 e. The van der Waals surface area contributed by atoms with E-state index in [2.05, 4.69) is 108 Å². The lowest BCUT2D eigenvalue weighted by molar-refractivity contribution is -0.161. The van der Waals surface area contributed by atoms with Crippen LogP contribution in [0.3, 0.4) is 0 Å². The van der Waals surface area contributed by atoms with Crippen molar-refractivity contribution in [1.29, 1.82) is 0 Å². The third-order valence-electron chi connectivity index (χ3n) is 15.4. The van der Waals surface area contributed by atoms with Gasteiger partial charge in [-0.25, -0.2) is 4.39 Å². The average molecular weight is 1030 g/mol. The number of rotatable bonds is 0. The zero-order valence-corrected chi connectivity index (χ0v) is 46.6. The Hall–Kier alpha value is -5.76. The molecule has 18 nitrogen and oxygen atoms in total. The summed E-state index contributed by atoms with van der Waals surface area (Å²) < 4.78 is 38.1. The highest BCUT2D eigenvalue weighted by Crippen LogP contribution is 2.32. The third-order valence-corrected chi connectivity index (χ3v) is 15.4. The number of fused-ring (bicyclic) bond motifs is 7. The van der Waals surface area contributed by atoms with Crippen LogP contribution in [0, 0.1) is 55.4 Å². The molecule has 0 spiro atoms. The number of hydrogen-bond acceptors (Lipinski definition) is 11. The summed E-state index contributed by atoms with van der Waals surface area (Å²) in [4.78, 5) is 0. The summed E-state index contributed by atoms with van der Waals surface area (Å²) in [7, 11) is 0. The summed E-state index contributed by atoms with van der Waals surface area (Å²) in [5.74, 6) is -1.67. The molecule has 0 bridgehead atoms. The second-order valence-electron chi connectivity index (χ2n) is 21.6. The molecule has 19 heteroatoms. The third kappa shape index (κ3) is 13.8. The van der Waals surface area contributed by atoms with Gasteiger partial charge in [0.1, 0.15) is 5.69 Å². The van der Waals surface area contributed by atoms with Crippen LogP contribution in [-0.2, 0) is 100.0 Å². The monoisotopic (exact) mass is 1030 g/mol. The van der Waals surface area contributed by atoms with Crippen LogP contribution < -0.4 is 5.32 Å². The number of aromatic nitrogens is 14. The molecule has 0 amide bonds. The van der Waals surface area contributed by atoms with E-state index in [9.17, 15) is 9.50 Å². The normalized spacial score (nSPS) is 20.6. The van der Waals surface area contributed by atoms with Gasteiger partial charge in [0.05, 0.1) is 106 Å². The van der Waals surface area contributed by atoms with E-state index in [1.807, 2.05) is 54.2 Å². The summed E-state index contributed by atoms with van der Waals surface area (Å²) in [6.07, 6.45) is 24.7. The first-order chi connectivity index (χ1) is 36.0. The first kappa shape index (κ1) is 55.5. The first-order valence-electron chi connectivity index (χ1n) is 27.5. The fourth-order valence-electron chi connectivity index (χ4n) is 10.8. The molecule has 7 aliphatic rings. The maximum atomic E-state index is 13.7. The number of alkyl halides is 1. The van der Waals surface area contributed by atoms with Gasteiger partial charge >= 0.3 is 0 Å². The quantitative estimate of drug-likeness (QED) is 0.150. The zero-order valence-electron chi connectivity index (χ0n) is 46.6. The van der Waals surface area contributed by atoms with Crippen LogP contribution in [0.4, 0.5) is 4.39 Å². The lowest BCUT2D eigenvalue weighted by atomic mass is 9.94. The van der Waals surface area contributed by atoms with Crippen molar-refractivity contribution in [2.24, 2.45) is 0 Å². The van der Waals surface area contributed by atoms with Crippen molar-refractivity contribution in [2.75, 3.05) is 19.8 Å². The largest absolute Gasteiger partial charge is 0.388 e. The van der Waals surface area contributed by atoms with Gasteiger partial charge in [-0.15, -0.1) is 0 Å². The number of nitrogens with one attached hydrogen (secondary N) is 1. The molecule has 14 heterocycles. The molecule has 0 aliphatic carbocycles. The Labute approximate surface area is 443 Å². The van der Waals surface area contributed by atoms with Gasteiger partial charge in [0.15, 0.2) is 0 Å². The number of aliphatic hydroxyl groups is 1. The van der Waals surface area contributed by atoms with Crippen molar-refractivity contribution in [2.45, 2.75) is 210 Å². The van der Waals surface area contributed by atoms with Crippen LogP contribution in [0.1, 0.15) is 143 Å². The Morgan fingerprint density at radius 1 is 0.507 bits per heavy atom. The molecule has 0 aromatic carbocycles. The van der Waals surface area contributed by atoms with Crippen molar-refractivity contribution < 1.29 is 19.0 Å². The van der Waals surface area contributed by atoms with Gasteiger partial charge in [-0.2, -0.15) is 35.7 Å². The van der Waals surface area contributed by atoms with Gasteiger partial charge in [-0.1, -0.05) is 0 Å². The molecule has 0 fully saturated rings. The zero-order chi connectivity index (χ0) is 53.3. The van der Waals surface area contributed by atoms with Gasteiger partial charge in [-0.05, 0) is 172 Å². The lowest BCUT2D eigenvalue weighted by Crippen LogP contribution is -2.36. The van der Waals surface area contributed by atoms with Crippen molar-refractivity contribution in [3.05, 3.63) is 122 Å². The molecule has 7 aromatic rings. The molecule has 14 rings (SSSR count). The van der Waals surface area contributed by atoms with Crippen molar-refractivity contribution in [3.8, 4) is 0 Å². The molecular weight excluding hydrogens is 950 g/mol. The van der Waals surface area contributed by atoms with Crippen molar-refractivity contribution >= 4 is 0 Å². The number of nitrogens with zero attached hydrogens (tertiary/aromatic N) is 14. The van der Waals surface area contributed by atoms with E-state index >= 15 is 0 Å². The van der Waals surface area contributed by atoms with E-state index in [-0.39, 0.29) is 0 Å². The minimum Gasteiger partial charge on any atom is -0.388 e. The standard InChI is InChI=1S/C9H14N2O.C9H14N2.C8H11FN2O.2C8H12N2.C7H11N3.C7H10N2O/c1-7-5-10-11-6-9(2,12)4-3-8(7)11;1-7-8(2)10-11-6-4-3-5-9(7)11;1-6-5-10-11-3-4-12-8(2,9)7(6)11;2*1-7-6-9-10-5-3-2-4-8(7)10;1-6-4-9-10-3-2-8-5-7(6)10;1-6-4-8-9-2-3-10-5-7(6)9/h5,12H,3-4,6H2,1-2H3;3-6H2,1-2H3;5H,3-4H2,1-2H3;2*6H,2-5H2,1H3;4,8H,2-3,5H2,1H3;4H,2-3,5H2,1H3. The summed E-state index contributed by atoms with van der Waals surface area (Å²) in [6, 6.07) is 0. The molecule has 2 atom stereocenters. The van der Waals surface area contributed by atoms with E-state index in [1.54, 1.807) is 10.9 Å². The minimum atomic E-state index is -1.67. The van der Waals surface area contributed by atoms with E-state index < -0.39 is 11.5 Å². The Bertz CT molecular complexity index is 2730. The Balaban J connectivity index is 0.000000116. The van der Waals surface area contributed by atoms with Gasteiger partial charge in [0.25, 0.3) is 0 Å². The Morgan fingerprint density at radius 3 is 1.52 bits per heavy atom. The van der Waals surface area contributed by atoms with Crippen molar-refractivity contribution in [3.63, 3.8) is 0 Å². The second kappa shape index (κ2) is 24.9. The van der Waals surface area contributed by atoms with E-state index in [4.69, 9.17) is 9.47 Å². The number of halogens is 1. The van der Waals surface area contributed by atoms with Crippen LogP contribution in [-0.4, -0.2) is 98.9 Å². The average Bonchev–Trinajstić information content (AvgIpc) is 4.32. The SMILES string of the molecule is Cc1cnn2c1C(C)(F)OCC2.Cc1cnn2c1CCC(C)(O)C2.Cc1cnn2c1CCCC2.Cc1cnn2c1CCCC2.Cc1cnn2c1CNCC2.Cc1cnn2c1COCC2.Cc1nn2c(c1C)CCCC2. The first-order valence-corrected chi connectivity index (χ1v) is 27.5. The molecule has 2 unspecified atom stereocenters. The summed E-state index contributed by atoms with van der Waals surface area (Å²) in [5.41, 5.74) is 18.2. The highest BCUT2D eigenvalue weighted by Gasteiger charge is 2.36. The van der Waals surface area contributed by atoms with Crippen LogP contribution in [0.15, 0.2) is 37.2 Å². The summed E-state index contributed by atoms with van der Waals surface area (Å²) >= 11 is 0. The number of hydrogen-bond donors (Lipinski definition) is 2. The van der Waals surface area contributed by atoms with Gasteiger partial charge < -0.3 is 19.9 Å². The number of ether oxygens (including phenoxy) is 2. The molecule has 7 aromatic heterocycles. The van der Waals surface area contributed by atoms with Crippen LogP contribution in [0.25, 0.3) is 0 Å². The molecule has 0 saturated carbocycles. The Kier molecular flexibility index (Phi) is 18.4. The van der Waals surface area contributed by atoms with Gasteiger partial charge in [-0.3, -0.25) is 32.8 Å². The molecule has 2 N–H and O–H groups in total. The molecule has 75 heavy (non-hydrogen) atoms. The minimum absolute atomic E-state index is 0.390. The Morgan fingerprint density at radius 2 is 0.973 bits per heavy atom. The summed E-state index contributed by atoms with van der Waals surface area (Å²) in [5, 5.41) is 42.8. The van der Waals surface area contributed by atoms with E-state index in [0.717, 1.165) is 77.4 Å². The topological polar surface area (TPSA) is 175 Å². The molecular formula is C56H84FN15O3. The fourth-order valence-corrected chi connectivity index (χ4v) is 10.8. The summed E-state index contributed by atoms with van der Waals surface area (Å²) in [6.45, 7) is 30.5. The molecule has 7 aliphatic heterocycles. The maximum Gasteiger partial charge on any atom is 0.249 e. The second-order valence-corrected chi connectivity index (χ2v) is 21.6. The molecule has 0 saturated heterocycles. The van der Waals surface area contributed by atoms with Crippen LogP contribution in [0.5, 0.6) is 0 Å². The highest BCUT2D eigenvalue weighted by molar-refractivity contribution is 5.25. The van der Waals surface area contributed by atoms with Crippen molar-refractivity contribution in [1.82, 2.24) is 73.8 Å². The molecule has 0 radical (unpaired) electrons. The van der Waals surface area contributed by atoms with Gasteiger partial charge in [0, 0.05) is 62.4 Å². The number of aryl methyl sites for hydroxylation is 10. The fraction of sp³-hybridized carbons (Fsp3) is 0.625. The highest BCUT2D eigenvalue weighted by atomic mass is 19.2. The van der Waals surface area contributed by atoms with Gasteiger partial charge in [0.2, 0.25) is 5.85 Å². The van der Waals surface area contributed by atoms with Crippen LogP contribution in [0.2, 0.25) is 0 Å². The predicted molar refractivity (Wildman–Crippen MR) is 287 cm³/mol. The lowest BCUT2D eigenvalue weighted by Gasteiger charge is -2.29. The maximum absolute atomic E-state index is 13.7.